The van der Waals surface area contributed by atoms with Crippen molar-refractivity contribution in [3.05, 3.63) is 41.0 Å². The second kappa shape index (κ2) is 7.92. The van der Waals surface area contributed by atoms with Crippen molar-refractivity contribution in [2.75, 3.05) is 12.4 Å². The molecule has 24 heavy (non-hydrogen) atoms. The number of nitrogens with one attached hydrogen (secondary N) is 1. The summed E-state index contributed by atoms with van der Waals surface area (Å²) in [5.41, 5.74) is 2.81. The van der Waals surface area contributed by atoms with Gasteiger partial charge in [-0.3, -0.25) is 0 Å². The van der Waals surface area contributed by atoms with E-state index < -0.39 is 0 Å². The molecule has 0 saturated heterocycles. The second-order valence-corrected chi connectivity index (χ2v) is 5.97. The summed E-state index contributed by atoms with van der Waals surface area (Å²) in [6.45, 7) is 8.47. The van der Waals surface area contributed by atoms with E-state index in [0.717, 1.165) is 16.8 Å². The number of aromatic nitrogens is 2. The second-order valence-electron chi connectivity index (χ2n) is 5.97. The van der Waals surface area contributed by atoms with E-state index in [1.165, 1.54) is 4.90 Å². The Balaban J connectivity index is 2.01. The predicted octanol–water partition coefficient (Wildman–Crippen LogP) is 3.28. The Bertz CT molecular complexity index is 697. The van der Waals surface area contributed by atoms with Crippen LogP contribution in [0.15, 0.2) is 22.7 Å². The van der Waals surface area contributed by atoms with E-state index in [0.29, 0.717) is 18.3 Å². The van der Waals surface area contributed by atoms with Gasteiger partial charge in [0.15, 0.2) is 5.82 Å². The molecule has 2 aromatic rings. The number of aryl methyl sites for hydroxylation is 1. The van der Waals surface area contributed by atoms with Gasteiger partial charge in [-0.25, -0.2) is 4.79 Å². The van der Waals surface area contributed by atoms with Crippen LogP contribution in [-0.4, -0.2) is 34.2 Å². The standard InChI is InChI=1S/C17H24N4O3/c1-11(2)23-10-14-7-6-8-15(12(14)3)19-17(22)21(5)9-16-18-13(4)24-20-16/h6-8,11H,9-10H2,1-5H3,(H,19,22). The largest absolute Gasteiger partial charge is 0.374 e. The molecule has 0 radical (unpaired) electrons. The summed E-state index contributed by atoms with van der Waals surface area (Å²) in [7, 11) is 1.68. The highest BCUT2D eigenvalue weighted by molar-refractivity contribution is 5.90. The first-order chi connectivity index (χ1) is 11.4. The van der Waals surface area contributed by atoms with Gasteiger partial charge in [0, 0.05) is 19.7 Å². The van der Waals surface area contributed by atoms with E-state index in [9.17, 15) is 4.79 Å². The maximum atomic E-state index is 12.4. The zero-order valence-electron chi connectivity index (χ0n) is 14.8. The molecular weight excluding hydrogens is 308 g/mol. The van der Waals surface area contributed by atoms with Gasteiger partial charge in [-0.05, 0) is 38.0 Å². The van der Waals surface area contributed by atoms with Crippen molar-refractivity contribution in [1.82, 2.24) is 15.0 Å². The molecule has 7 nitrogen and oxygen atoms in total. The lowest BCUT2D eigenvalue weighted by Crippen LogP contribution is -2.31. The normalized spacial score (nSPS) is 10.9. The monoisotopic (exact) mass is 332 g/mol. The van der Waals surface area contributed by atoms with Crippen LogP contribution in [0.3, 0.4) is 0 Å². The summed E-state index contributed by atoms with van der Waals surface area (Å²) in [5.74, 6) is 0.952. The maximum Gasteiger partial charge on any atom is 0.322 e. The number of carbonyl (C=O) groups is 1. The number of anilines is 1. The minimum atomic E-state index is -0.234. The molecule has 0 unspecified atom stereocenters. The smallest absolute Gasteiger partial charge is 0.322 e. The summed E-state index contributed by atoms with van der Waals surface area (Å²) in [4.78, 5) is 17.9. The van der Waals surface area contributed by atoms with Crippen molar-refractivity contribution in [1.29, 1.82) is 0 Å². The fourth-order valence-electron chi connectivity index (χ4n) is 2.13. The minimum Gasteiger partial charge on any atom is -0.374 e. The molecule has 0 bridgehead atoms. The number of ether oxygens (including phenoxy) is 1. The number of urea groups is 1. The SMILES string of the molecule is Cc1nc(CN(C)C(=O)Nc2cccc(COC(C)C)c2C)no1. The van der Waals surface area contributed by atoms with E-state index in [4.69, 9.17) is 9.26 Å². The topological polar surface area (TPSA) is 80.5 Å². The van der Waals surface area contributed by atoms with Crippen molar-refractivity contribution in [3.63, 3.8) is 0 Å². The third-order valence-corrected chi connectivity index (χ3v) is 3.55. The van der Waals surface area contributed by atoms with Crippen LogP contribution >= 0.6 is 0 Å². The van der Waals surface area contributed by atoms with Crippen LogP contribution in [0.1, 0.15) is 36.7 Å². The van der Waals surface area contributed by atoms with E-state index in [2.05, 4.69) is 15.5 Å². The maximum absolute atomic E-state index is 12.4. The molecule has 1 N–H and O–H groups in total. The Morgan fingerprint density at radius 1 is 1.38 bits per heavy atom. The number of amides is 2. The third-order valence-electron chi connectivity index (χ3n) is 3.55. The van der Waals surface area contributed by atoms with Gasteiger partial charge in [0.05, 0.1) is 19.3 Å². The number of rotatable bonds is 6. The van der Waals surface area contributed by atoms with Gasteiger partial charge in [-0.1, -0.05) is 17.3 Å². The van der Waals surface area contributed by atoms with Crippen molar-refractivity contribution < 1.29 is 14.1 Å². The highest BCUT2D eigenvalue weighted by Crippen LogP contribution is 2.20. The van der Waals surface area contributed by atoms with Crippen LogP contribution in [0.5, 0.6) is 0 Å². The number of nitrogens with zero attached hydrogens (tertiary/aromatic N) is 3. The van der Waals surface area contributed by atoms with E-state index in [1.54, 1.807) is 14.0 Å². The van der Waals surface area contributed by atoms with E-state index in [1.807, 2.05) is 39.0 Å². The molecule has 2 rings (SSSR count). The van der Waals surface area contributed by atoms with Crippen molar-refractivity contribution in [2.24, 2.45) is 0 Å². The lowest BCUT2D eigenvalue weighted by atomic mass is 10.1. The lowest BCUT2D eigenvalue weighted by molar-refractivity contribution is 0.0654. The van der Waals surface area contributed by atoms with Crippen LogP contribution in [0, 0.1) is 13.8 Å². The van der Waals surface area contributed by atoms with Gasteiger partial charge in [-0.2, -0.15) is 4.98 Å². The molecular formula is C17H24N4O3. The number of hydrogen-bond acceptors (Lipinski definition) is 5. The van der Waals surface area contributed by atoms with Crippen molar-refractivity contribution >= 4 is 11.7 Å². The third kappa shape index (κ3) is 4.79. The fourth-order valence-corrected chi connectivity index (χ4v) is 2.13. The Labute approximate surface area is 142 Å². The Kier molecular flexibility index (Phi) is 5.92. The molecule has 1 heterocycles. The van der Waals surface area contributed by atoms with Gasteiger partial charge < -0.3 is 19.5 Å². The summed E-state index contributed by atoms with van der Waals surface area (Å²) in [5, 5.41) is 6.70. The average Bonchev–Trinajstić information content (AvgIpc) is 2.93. The van der Waals surface area contributed by atoms with Gasteiger partial charge >= 0.3 is 6.03 Å². The zero-order chi connectivity index (χ0) is 17.7. The first-order valence-electron chi connectivity index (χ1n) is 7.88. The van der Waals surface area contributed by atoms with Gasteiger partial charge in [0.25, 0.3) is 0 Å². The molecule has 0 spiro atoms. The van der Waals surface area contributed by atoms with Crippen LogP contribution in [0.4, 0.5) is 10.5 Å². The van der Waals surface area contributed by atoms with Crippen LogP contribution in [0.2, 0.25) is 0 Å². The quantitative estimate of drug-likeness (QED) is 0.878. The summed E-state index contributed by atoms with van der Waals surface area (Å²) in [6.07, 6.45) is 0.159. The van der Waals surface area contributed by atoms with Crippen LogP contribution in [-0.2, 0) is 17.9 Å². The molecule has 0 aliphatic rings. The van der Waals surface area contributed by atoms with Crippen LogP contribution in [0.25, 0.3) is 0 Å². The molecule has 130 valence electrons. The zero-order valence-corrected chi connectivity index (χ0v) is 14.8. The molecule has 0 aliphatic carbocycles. The molecule has 2 amide bonds. The van der Waals surface area contributed by atoms with E-state index in [-0.39, 0.29) is 18.7 Å². The molecule has 7 heteroatoms. The lowest BCUT2D eigenvalue weighted by Gasteiger charge is -2.18. The summed E-state index contributed by atoms with van der Waals surface area (Å²) < 4.78 is 10.6. The average molecular weight is 332 g/mol. The number of carbonyl (C=O) groups excluding carboxylic acids is 1. The van der Waals surface area contributed by atoms with Crippen LogP contribution < -0.4 is 5.32 Å². The fraction of sp³-hybridized carbons (Fsp3) is 0.471. The van der Waals surface area contributed by atoms with Gasteiger partial charge in [0.1, 0.15) is 0 Å². The van der Waals surface area contributed by atoms with E-state index >= 15 is 0 Å². The highest BCUT2D eigenvalue weighted by atomic mass is 16.5. The molecule has 1 aromatic heterocycles. The number of hydrogen-bond donors (Lipinski definition) is 1. The highest BCUT2D eigenvalue weighted by Gasteiger charge is 2.14. The first-order valence-corrected chi connectivity index (χ1v) is 7.88. The van der Waals surface area contributed by atoms with Crippen molar-refractivity contribution in [2.45, 2.75) is 47.0 Å². The number of benzene rings is 1. The minimum absolute atomic E-state index is 0.159. The Morgan fingerprint density at radius 2 is 2.12 bits per heavy atom. The first kappa shape index (κ1) is 17.9. The van der Waals surface area contributed by atoms with Gasteiger partial charge in [-0.15, -0.1) is 0 Å². The van der Waals surface area contributed by atoms with Gasteiger partial charge in [0.2, 0.25) is 5.89 Å². The Morgan fingerprint density at radius 3 is 2.75 bits per heavy atom. The Hall–Kier alpha value is -2.41. The molecule has 0 fully saturated rings. The molecule has 0 saturated carbocycles. The molecule has 0 atom stereocenters. The predicted molar refractivity (Wildman–Crippen MR) is 90.6 cm³/mol. The summed E-state index contributed by atoms with van der Waals surface area (Å²) in [6, 6.07) is 5.55. The molecule has 0 aliphatic heterocycles. The summed E-state index contributed by atoms with van der Waals surface area (Å²) >= 11 is 0. The van der Waals surface area contributed by atoms with Crippen molar-refractivity contribution in [3.8, 4) is 0 Å². The molecule has 1 aromatic carbocycles.